The van der Waals surface area contributed by atoms with Crippen molar-refractivity contribution in [1.29, 1.82) is 0 Å². The fourth-order valence-corrected chi connectivity index (χ4v) is 2.89. The topological polar surface area (TPSA) is 50.2 Å². The summed E-state index contributed by atoms with van der Waals surface area (Å²) in [4.78, 5) is 18.5. The van der Waals surface area contributed by atoms with Crippen molar-refractivity contribution in [2.75, 3.05) is 27.2 Å². The summed E-state index contributed by atoms with van der Waals surface area (Å²) in [7, 11) is 5.45. The first-order valence-corrected chi connectivity index (χ1v) is 8.12. The molecule has 3 rings (SSSR count). The van der Waals surface area contributed by atoms with Crippen molar-refractivity contribution in [2.24, 2.45) is 7.05 Å². The van der Waals surface area contributed by atoms with E-state index >= 15 is 0 Å². The molecule has 0 atom stereocenters. The zero-order chi connectivity index (χ0) is 18.0. The molecule has 0 radical (unpaired) electrons. The van der Waals surface area contributed by atoms with E-state index in [9.17, 15) is 9.18 Å². The van der Waals surface area contributed by atoms with Crippen LogP contribution in [-0.2, 0) is 7.05 Å². The molecular weight excluding hydrogens is 319 g/mol. The van der Waals surface area contributed by atoms with Crippen molar-refractivity contribution in [3.63, 3.8) is 0 Å². The molecule has 2 aromatic heterocycles. The summed E-state index contributed by atoms with van der Waals surface area (Å²) in [5, 5.41) is 3.93. The molecule has 1 aromatic carbocycles. The molecule has 0 aliphatic heterocycles. The third kappa shape index (κ3) is 3.39. The summed E-state index contributed by atoms with van der Waals surface area (Å²) in [6.07, 6.45) is 3.61. The molecule has 1 N–H and O–H groups in total. The van der Waals surface area contributed by atoms with Crippen molar-refractivity contribution in [1.82, 2.24) is 19.8 Å². The molecule has 0 aliphatic rings. The normalized spacial score (nSPS) is 11.0. The summed E-state index contributed by atoms with van der Waals surface area (Å²) in [6, 6.07) is 8.26. The first kappa shape index (κ1) is 17.1. The lowest BCUT2D eigenvalue weighted by Crippen LogP contribution is -2.32. The molecule has 2 heterocycles. The second-order valence-electron chi connectivity index (χ2n) is 6.08. The number of amides is 1. The van der Waals surface area contributed by atoms with Gasteiger partial charge in [0.25, 0.3) is 5.91 Å². The quantitative estimate of drug-likeness (QED) is 0.777. The van der Waals surface area contributed by atoms with Crippen LogP contribution in [0.25, 0.3) is 22.2 Å². The molecule has 130 valence electrons. The minimum Gasteiger partial charge on any atom is -0.340 e. The standard InChI is InChI=1S/C19H21FN4O/c1-21-7-9-24(3)19(25)14-10-13(11-15(20)12-14)16-4-6-22-18-17(16)5-8-23(18)2/h4-6,8,10-12,21H,7,9H2,1-3H3. The van der Waals surface area contributed by atoms with E-state index in [4.69, 9.17) is 0 Å². The highest BCUT2D eigenvalue weighted by molar-refractivity contribution is 5.98. The number of likely N-dealkylation sites (N-methyl/N-ethyl adjacent to an activating group) is 2. The molecule has 0 bridgehead atoms. The molecule has 5 nitrogen and oxygen atoms in total. The largest absolute Gasteiger partial charge is 0.340 e. The Morgan fingerprint density at radius 2 is 2.12 bits per heavy atom. The van der Waals surface area contributed by atoms with Crippen LogP contribution in [0.15, 0.2) is 42.7 Å². The van der Waals surface area contributed by atoms with Crippen molar-refractivity contribution in [3.05, 3.63) is 54.1 Å². The Hall–Kier alpha value is -2.73. The molecule has 1 amide bonds. The van der Waals surface area contributed by atoms with E-state index in [0.717, 1.165) is 16.6 Å². The molecule has 0 fully saturated rings. The number of hydrogen-bond donors (Lipinski definition) is 1. The average molecular weight is 340 g/mol. The van der Waals surface area contributed by atoms with Crippen molar-refractivity contribution in [2.45, 2.75) is 0 Å². The van der Waals surface area contributed by atoms with Crippen molar-refractivity contribution < 1.29 is 9.18 Å². The lowest BCUT2D eigenvalue weighted by atomic mass is 10.0. The van der Waals surface area contributed by atoms with E-state index in [1.165, 1.54) is 12.1 Å². The fraction of sp³-hybridized carbons (Fsp3) is 0.263. The molecule has 6 heteroatoms. The Bertz CT molecular complexity index is 919. The monoisotopic (exact) mass is 340 g/mol. The predicted octanol–water partition coefficient (Wildman–Crippen LogP) is 2.67. The third-order valence-electron chi connectivity index (χ3n) is 4.27. The highest BCUT2D eigenvalue weighted by Gasteiger charge is 2.15. The summed E-state index contributed by atoms with van der Waals surface area (Å²) < 4.78 is 16.1. The maximum Gasteiger partial charge on any atom is 0.253 e. The van der Waals surface area contributed by atoms with Crippen LogP contribution in [0.4, 0.5) is 4.39 Å². The SMILES string of the molecule is CNCCN(C)C(=O)c1cc(F)cc(-c2ccnc3c2ccn3C)c1. The number of aromatic nitrogens is 2. The van der Waals surface area contributed by atoms with E-state index in [-0.39, 0.29) is 5.91 Å². The van der Waals surface area contributed by atoms with E-state index in [1.54, 1.807) is 24.2 Å². The fourth-order valence-electron chi connectivity index (χ4n) is 2.89. The van der Waals surface area contributed by atoms with Gasteiger partial charge in [-0.15, -0.1) is 0 Å². The van der Waals surface area contributed by atoms with Gasteiger partial charge in [-0.25, -0.2) is 9.37 Å². The summed E-state index contributed by atoms with van der Waals surface area (Å²) >= 11 is 0. The molecule has 0 saturated carbocycles. The summed E-state index contributed by atoms with van der Waals surface area (Å²) in [5.74, 6) is -0.627. The first-order chi connectivity index (χ1) is 12.0. The van der Waals surface area contributed by atoms with E-state index in [2.05, 4.69) is 10.3 Å². The Kier molecular flexibility index (Phi) is 4.81. The average Bonchev–Trinajstić information content (AvgIpc) is 2.99. The van der Waals surface area contributed by atoms with Gasteiger partial charge in [0.15, 0.2) is 0 Å². The van der Waals surface area contributed by atoms with Gasteiger partial charge in [0, 0.05) is 50.5 Å². The third-order valence-corrected chi connectivity index (χ3v) is 4.27. The minimum atomic E-state index is -0.427. The number of nitrogens with zero attached hydrogens (tertiary/aromatic N) is 3. The lowest BCUT2D eigenvalue weighted by molar-refractivity contribution is 0.0796. The van der Waals surface area contributed by atoms with Gasteiger partial charge < -0.3 is 14.8 Å². The summed E-state index contributed by atoms with van der Waals surface area (Å²) in [5.41, 5.74) is 2.69. The van der Waals surface area contributed by atoms with Gasteiger partial charge in [0.1, 0.15) is 11.5 Å². The highest BCUT2D eigenvalue weighted by Crippen LogP contribution is 2.29. The molecule has 0 spiro atoms. The number of rotatable bonds is 5. The van der Waals surface area contributed by atoms with Gasteiger partial charge in [0.05, 0.1) is 0 Å². The molecule has 0 aliphatic carbocycles. The second kappa shape index (κ2) is 7.03. The van der Waals surface area contributed by atoms with Gasteiger partial charge >= 0.3 is 0 Å². The van der Waals surface area contributed by atoms with Crippen LogP contribution in [-0.4, -0.2) is 47.5 Å². The summed E-state index contributed by atoms with van der Waals surface area (Å²) in [6.45, 7) is 1.23. The smallest absolute Gasteiger partial charge is 0.253 e. The molecule has 25 heavy (non-hydrogen) atoms. The molecule has 3 aromatic rings. The number of nitrogens with one attached hydrogen (secondary N) is 1. The van der Waals surface area contributed by atoms with Crippen LogP contribution in [0, 0.1) is 5.82 Å². The Labute approximate surface area is 146 Å². The van der Waals surface area contributed by atoms with Crippen LogP contribution in [0.3, 0.4) is 0 Å². The Morgan fingerprint density at radius 3 is 2.88 bits per heavy atom. The number of carbonyl (C=O) groups is 1. The molecule has 0 saturated heterocycles. The number of pyridine rings is 1. The van der Waals surface area contributed by atoms with Gasteiger partial charge in [0.2, 0.25) is 0 Å². The first-order valence-electron chi connectivity index (χ1n) is 8.12. The van der Waals surface area contributed by atoms with Crippen molar-refractivity contribution >= 4 is 16.9 Å². The van der Waals surface area contributed by atoms with Gasteiger partial charge in [-0.2, -0.15) is 0 Å². The van der Waals surface area contributed by atoms with Crippen LogP contribution in [0.5, 0.6) is 0 Å². The number of carbonyl (C=O) groups excluding carboxylic acids is 1. The van der Waals surface area contributed by atoms with Crippen LogP contribution in [0.1, 0.15) is 10.4 Å². The number of fused-ring (bicyclic) bond motifs is 1. The second-order valence-corrected chi connectivity index (χ2v) is 6.08. The maximum atomic E-state index is 14.2. The highest BCUT2D eigenvalue weighted by atomic mass is 19.1. The Morgan fingerprint density at radius 1 is 1.32 bits per heavy atom. The zero-order valence-electron chi connectivity index (χ0n) is 14.6. The predicted molar refractivity (Wildman–Crippen MR) is 97.0 cm³/mol. The van der Waals surface area contributed by atoms with Gasteiger partial charge in [-0.3, -0.25) is 4.79 Å². The van der Waals surface area contributed by atoms with Crippen LogP contribution in [0.2, 0.25) is 0 Å². The maximum absolute atomic E-state index is 14.2. The number of hydrogen-bond acceptors (Lipinski definition) is 3. The number of halogens is 1. The molecule has 0 unspecified atom stereocenters. The zero-order valence-corrected chi connectivity index (χ0v) is 14.6. The molecular formula is C19H21FN4O. The number of benzene rings is 1. The van der Waals surface area contributed by atoms with Gasteiger partial charge in [-0.1, -0.05) is 0 Å². The van der Waals surface area contributed by atoms with Gasteiger partial charge in [-0.05, 0) is 48.5 Å². The Balaban J connectivity index is 2.03. The van der Waals surface area contributed by atoms with E-state index in [0.29, 0.717) is 24.2 Å². The van der Waals surface area contributed by atoms with Crippen molar-refractivity contribution in [3.8, 4) is 11.1 Å². The van der Waals surface area contributed by atoms with Crippen LogP contribution >= 0.6 is 0 Å². The van der Waals surface area contributed by atoms with E-state index in [1.807, 2.05) is 37.0 Å². The lowest BCUT2D eigenvalue weighted by Gasteiger charge is -2.17. The number of aryl methyl sites for hydroxylation is 1. The van der Waals surface area contributed by atoms with E-state index < -0.39 is 5.82 Å². The minimum absolute atomic E-state index is 0.200. The van der Waals surface area contributed by atoms with Crippen LogP contribution < -0.4 is 5.32 Å².